The van der Waals surface area contributed by atoms with Crippen LogP contribution in [0.15, 0.2) is 0 Å². The monoisotopic (exact) mass is 264 g/mol. The average molecular weight is 264 g/mol. The Bertz CT molecular complexity index is 253. The van der Waals surface area contributed by atoms with E-state index in [1.165, 1.54) is 77.0 Å². The minimum absolute atomic E-state index is 0.432. The van der Waals surface area contributed by atoms with Crippen LogP contribution in [-0.2, 0) is 0 Å². The quantitative estimate of drug-likeness (QED) is 0.777. The van der Waals surface area contributed by atoms with Crippen LogP contribution in [0.3, 0.4) is 0 Å². The standard InChI is InChI=1S/C18H32O/c19-13-14-5-7-16(8-6-14)18-11-9-17(10-12-18)15-3-1-2-4-15/h14-19H,1-13H2. The normalized spacial score (nSPS) is 41.5. The second-order valence-corrected chi connectivity index (χ2v) is 7.68. The number of rotatable bonds is 3. The predicted molar refractivity (Wildman–Crippen MR) is 79.9 cm³/mol. The Balaban J connectivity index is 1.42. The molecule has 0 unspecified atom stereocenters. The van der Waals surface area contributed by atoms with Gasteiger partial charge >= 0.3 is 0 Å². The highest BCUT2D eigenvalue weighted by molar-refractivity contribution is 4.85. The van der Waals surface area contributed by atoms with E-state index in [0.717, 1.165) is 23.7 Å². The zero-order valence-electron chi connectivity index (χ0n) is 12.5. The van der Waals surface area contributed by atoms with Crippen molar-refractivity contribution in [1.29, 1.82) is 0 Å². The van der Waals surface area contributed by atoms with E-state index >= 15 is 0 Å². The molecule has 19 heavy (non-hydrogen) atoms. The first-order valence-electron chi connectivity index (χ1n) is 8.97. The smallest absolute Gasteiger partial charge is 0.0459 e. The summed E-state index contributed by atoms with van der Waals surface area (Å²) in [5.74, 6) is 4.87. The number of hydrogen-bond acceptors (Lipinski definition) is 1. The minimum atomic E-state index is 0.432. The van der Waals surface area contributed by atoms with Gasteiger partial charge in [-0.05, 0) is 81.0 Å². The Morgan fingerprint density at radius 1 is 0.526 bits per heavy atom. The van der Waals surface area contributed by atoms with Crippen molar-refractivity contribution in [3.05, 3.63) is 0 Å². The van der Waals surface area contributed by atoms with E-state index in [9.17, 15) is 5.11 Å². The first kappa shape index (κ1) is 13.9. The second kappa shape index (κ2) is 6.61. The van der Waals surface area contributed by atoms with E-state index in [-0.39, 0.29) is 0 Å². The topological polar surface area (TPSA) is 20.2 Å². The van der Waals surface area contributed by atoms with Gasteiger partial charge in [-0.2, -0.15) is 0 Å². The highest BCUT2D eigenvalue weighted by Gasteiger charge is 2.33. The van der Waals surface area contributed by atoms with E-state index in [0.29, 0.717) is 12.5 Å². The van der Waals surface area contributed by atoms with Crippen LogP contribution in [0.4, 0.5) is 0 Å². The molecule has 3 aliphatic rings. The highest BCUT2D eigenvalue weighted by atomic mass is 16.3. The molecule has 0 spiro atoms. The maximum Gasteiger partial charge on any atom is 0.0459 e. The van der Waals surface area contributed by atoms with E-state index < -0.39 is 0 Å². The summed E-state index contributed by atoms with van der Waals surface area (Å²) in [6.07, 6.45) is 17.6. The van der Waals surface area contributed by atoms with Crippen molar-refractivity contribution < 1.29 is 5.11 Å². The van der Waals surface area contributed by atoms with Crippen LogP contribution in [0.2, 0.25) is 0 Å². The van der Waals surface area contributed by atoms with Gasteiger partial charge in [0.2, 0.25) is 0 Å². The van der Waals surface area contributed by atoms with Crippen LogP contribution in [0.1, 0.15) is 77.0 Å². The second-order valence-electron chi connectivity index (χ2n) is 7.68. The molecule has 110 valence electrons. The fourth-order valence-electron chi connectivity index (χ4n) is 5.36. The van der Waals surface area contributed by atoms with E-state index in [1.807, 2.05) is 0 Å². The van der Waals surface area contributed by atoms with Gasteiger partial charge in [0, 0.05) is 6.61 Å². The van der Waals surface area contributed by atoms with E-state index in [2.05, 4.69) is 0 Å². The molecule has 0 aromatic heterocycles. The molecular weight excluding hydrogens is 232 g/mol. The maximum atomic E-state index is 9.24. The molecule has 0 atom stereocenters. The number of aliphatic hydroxyl groups is 1. The summed E-state index contributed by atoms with van der Waals surface area (Å²) in [5, 5.41) is 9.24. The van der Waals surface area contributed by atoms with Crippen LogP contribution in [0.5, 0.6) is 0 Å². The Labute approximate surface area is 119 Å². The van der Waals surface area contributed by atoms with Gasteiger partial charge in [0.05, 0.1) is 0 Å². The fraction of sp³-hybridized carbons (Fsp3) is 1.00. The van der Waals surface area contributed by atoms with Gasteiger partial charge in [0.25, 0.3) is 0 Å². The molecular formula is C18H32O. The van der Waals surface area contributed by atoms with Crippen LogP contribution in [-0.4, -0.2) is 11.7 Å². The minimum Gasteiger partial charge on any atom is -0.396 e. The Kier molecular flexibility index (Phi) is 4.84. The molecule has 0 saturated heterocycles. The largest absolute Gasteiger partial charge is 0.396 e. The van der Waals surface area contributed by atoms with Crippen LogP contribution < -0.4 is 0 Å². The van der Waals surface area contributed by atoms with Gasteiger partial charge in [-0.3, -0.25) is 0 Å². The van der Waals surface area contributed by atoms with Crippen LogP contribution in [0, 0.1) is 29.6 Å². The molecule has 3 saturated carbocycles. The van der Waals surface area contributed by atoms with Crippen molar-refractivity contribution in [3.63, 3.8) is 0 Å². The molecule has 3 aliphatic carbocycles. The van der Waals surface area contributed by atoms with Gasteiger partial charge in [-0.15, -0.1) is 0 Å². The molecule has 0 heterocycles. The molecule has 0 aromatic carbocycles. The molecule has 3 fully saturated rings. The van der Waals surface area contributed by atoms with Crippen LogP contribution >= 0.6 is 0 Å². The molecule has 0 aliphatic heterocycles. The van der Waals surface area contributed by atoms with Gasteiger partial charge in [-0.25, -0.2) is 0 Å². The molecule has 0 radical (unpaired) electrons. The summed E-state index contributed by atoms with van der Waals surface area (Å²) in [4.78, 5) is 0. The molecule has 0 amide bonds. The van der Waals surface area contributed by atoms with Gasteiger partial charge in [0.15, 0.2) is 0 Å². The van der Waals surface area contributed by atoms with E-state index in [1.54, 1.807) is 0 Å². The lowest BCUT2D eigenvalue weighted by Crippen LogP contribution is -2.28. The SMILES string of the molecule is OCC1CCC(C2CCC(C3CCCC3)CC2)CC1. The Morgan fingerprint density at radius 2 is 0.895 bits per heavy atom. The Hall–Kier alpha value is -0.0400. The third-order valence-electron chi connectivity index (χ3n) is 6.70. The highest BCUT2D eigenvalue weighted by Crippen LogP contribution is 2.45. The van der Waals surface area contributed by atoms with Crippen molar-refractivity contribution in [1.82, 2.24) is 0 Å². The summed E-state index contributed by atoms with van der Waals surface area (Å²) in [6, 6.07) is 0. The lowest BCUT2D eigenvalue weighted by Gasteiger charge is -2.39. The summed E-state index contributed by atoms with van der Waals surface area (Å²) in [5.41, 5.74) is 0. The van der Waals surface area contributed by atoms with Crippen molar-refractivity contribution in [2.75, 3.05) is 6.61 Å². The van der Waals surface area contributed by atoms with Gasteiger partial charge in [-0.1, -0.05) is 25.7 Å². The molecule has 0 aromatic rings. The first-order chi connectivity index (χ1) is 9.36. The molecule has 0 bridgehead atoms. The first-order valence-corrected chi connectivity index (χ1v) is 8.97. The fourth-order valence-corrected chi connectivity index (χ4v) is 5.36. The van der Waals surface area contributed by atoms with Crippen molar-refractivity contribution >= 4 is 0 Å². The number of aliphatic hydroxyl groups excluding tert-OH is 1. The lowest BCUT2D eigenvalue weighted by atomic mass is 9.67. The maximum absolute atomic E-state index is 9.24. The van der Waals surface area contributed by atoms with E-state index in [4.69, 9.17) is 0 Å². The van der Waals surface area contributed by atoms with Crippen molar-refractivity contribution in [2.24, 2.45) is 29.6 Å². The molecule has 1 N–H and O–H groups in total. The Morgan fingerprint density at radius 3 is 1.32 bits per heavy atom. The molecule has 1 nitrogen and oxygen atoms in total. The predicted octanol–water partition coefficient (Wildman–Crippen LogP) is 4.78. The summed E-state index contributed by atoms with van der Waals surface area (Å²) in [6.45, 7) is 0.432. The summed E-state index contributed by atoms with van der Waals surface area (Å²) < 4.78 is 0. The van der Waals surface area contributed by atoms with Crippen molar-refractivity contribution in [2.45, 2.75) is 77.0 Å². The summed E-state index contributed by atoms with van der Waals surface area (Å²) in [7, 11) is 0. The average Bonchev–Trinajstić information content (AvgIpc) is 3.02. The van der Waals surface area contributed by atoms with Crippen LogP contribution in [0.25, 0.3) is 0 Å². The molecule has 3 rings (SSSR count). The third kappa shape index (κ3) is 3.35. The van der Waals surface area contributed by atoms with Crippen molar-refractivity contribution in [3.8, 4) is 0 Å². The zero-order valence-corrected chi connectivity index (χ0v) is 12.5. The lowest BCUT2D eigenvalue weighted by molar-refractivity contribution is 0.106. The van der Waals surface area contributed by atoms with Gasteiger partial charge in [0.1, 0.15) is 0 Å². The number of hydrogen-bond donors (Lipinski definition) is 1. The molecule has 1 heteroatoms. The zero-order chi connectivity index (χ0) is 13.1. The third-order valence-corrected chi connectivity index (χ3v) is 6.70. The van der Waals surface area contributed by atoms with Gasteiger partial charge < -0.3 is 5.11 Å². The summed E-state index contributed by atoms with van der Waals surface area (Å²) >= 11 is 0.